The lowest BCUT2D eigenvalue weighted by Crippen LogP contribution is -2.15. The third-order valence-electron chi connectivity index (χ3n) is 6.23. The summed E-state index contributed by atoms with van der Waals surface area (Å²) in [5.41, 5.74) is 12.2. The summed E-state index contributed by atoms with van der Waals surface area (Å²) in [5, 5.41) is 3.70. The van der Waals surface area contributed by atoms with Crippen LogP contribution in [0.3, 0.4) is 0 Å². The van der Waals surface area contributed by atoms with E-state index in [1.165, 1.54) is 93.9 Å². The Morgan fingerprint density at radius 1 is 0.917 bits per heavy atom. The van der Waals surface area contributed by atoms with E-state index in [1.54, 1.807) is 0 Å². The first-order valence-electron chi connectivity index (χ1n) is 10.5. The molecule has 3 rings (SSSR count). The van der Waals surface area contributed by atoms with Gasteiger partial charge in [0, 0.05) is 23.5 Å². The third-order valence-corrected chi connectivity index (χ3v) is 6.23. The van der Waals surface area contributed by atoms with Crippen molar-refractivity contribution in [3.05, 3.63) is 23.3 Å². The monoisotopic (exact) mass is 328 g/mol. The zero-order valence-electron chi connectivity index (χ0n) is 15.6. The normalized spacial score (nSPS) is 20.2. The first kappa shape index (κ1) is 17.6. The largest absolute Gasteiger partial charge is 0.398 e. The molecule has 2 fully saturated rings. The number of benzene rings is 1. The smallest absolute Gasteiger partial charge is 0.0405 e. The van der Waals surface area contributed by atoms with Crippen LogP contribution in [0.15, 0.2) is 12.1 Å². The van der Waals surface area contributed by atoms with Gasteiger partial charge < -0.3 is 11.1 Å². The highest BCUT2D eigenvalue weighted by atomic mass is 14.9. The number of hydrogen-bond acceptors (Lipinski definition) is 2. The van der Waals surface area contributed by atoms with Gasteiger partial charge in [0.15, 0.2) is 0 Å². The van der Waals surface area contributed by atoms with Crippen molar-refractivity contribution < 1.29 is 0 Å². The van der Waals surface area contributed by atoms with E-state index in [0.717, 1.165) is 12.2 Å². The van der Waals surface area contributed by atoms with Crippen molar-refractivity contribution in [3.8, 4) is 0 Å². The van der Waals surface area contributed by atoms with Crippen LogP contribution >= 0.6 is 0 Å². The predicted octanol–water partition coefficient (Wildman–Crippen LogP) is 6.58. The van der Waals surface area contributed by atoms with E-state index in [0.29, 0.717) is 11.8 Å². The second kappa shape index (κ2) is 8.78. The fourth-order valence-corrected chi connectivity index (χ4v) is 4.81. The number of nitrogen functional groups attached to an aromatic ring is 1. The van der Waals surface area contributed by atoms with E-state index in [-0.39, 0.29) is 0 Å². The van der Waals surface area contributed by atoms with Crippen molar-refractivity contribution in [1.29, 1.82) is 0 Å². The van der Waals surface area contributed by atoms with Gasteiger partial charge in [0.25, 0.3) is 0 Å². The zero-order valence-corrected chi connectivity index (χ0v) is 15.6. The first-order chi connectivity index (χ1) is 11.8. The third kappa shape index (κ3) is 4.07. The molecule has 0 aliphatic heterocycles. The van der Waals surface area contributed by atoms with Crippen LogP contribution in [0, 0.1) is 0 Å². The number of nitrogens with two attached hydrogens (primary N) is 1. The summed E-state index contributed by atoms with van der Waals surface area (Å²) >= 11 is 0. The van der Waals surface area contributed by atoms with Crippen molar-refractivity contribution >= 4 is 11.4 Å². The molecule has 0 saturated heterocycles. The van der Waals surface area contributed by atoms with E-state index in [1.807, 2.05) is 0 Å². The molecule has 2 saturated carbocycles. The lowest BCUT2D eigenvalue weighted by atomic mass is 9.78. The second-order valence-electron chi connectivity index (χ2n) is 7.98. The van der Waals surface area contributed by atoms with Gasteiger partial charge in [-0.1, -0.05) is 57.9 Å². The molecule has 0 spiro atoms. The van der Waals surface area contributed by atoms with Gasteiger partial charge in [0.05, 0.1) is 0 Å². The van der Waals surface area contributed by atoms with Crippen LogP contribution in [0.5, 0.6) is 0 Å². The van der Waals surface area contributed by atoms with Gasteiger partial charge >= 0.3 is 0 Å². The van der Waals surface area contributed by atoms with Crippen LogP contribution in [-0.4, -0.2) is 6.54 Å². The molecule has 0 amide bonds. The van der Waals surface area contributed by atoms with Crippen LogP contribution < -0.4 is 11.1 Å². The molecule has 2 aliphatic carbocycles. The van der Waals surface area contributed by atoms with Gasteiger partial charge in [-0.25, -0.2) is 0 Å². The predicted molar refractivity (Wildman–Crippen MR) is 106 cm³/mol. The highest BCUT2D eigenvalue weighted by molar-refractivity contribution is 5.69. The molecular weight excluding hydrogens is 292 g/mol. The van der Waals surface area contributed by atoms with Crippen LogP contribution in [0.1, 0.15) is 107 Å². The maximum absolute atomic E-state index is 6.81. The molecule has 3 N–H and O–H groups in total. The fraction of sp³-hybridized carbons (Fsp3) is 0.727. The van der Waals surface area contributed by atoms with Crippen LogP contribution in [-0.2, 0) is 0 Å². The minimum atomic E-state index is 0.673. The quantitative estimate of drug-likeness (QED) is 0.457. The molecule has 0 atom stereocenters. The number of anilines is 2. The maximum Gasteiger partial charge on any atom is 0.0405 e. The summed E-state index contributed by atoms with van der Waals surface area (Å²) in [5.74, 6) is 1.37. The fourth-order valence-electron chi connectivity index (χ4n) is 4.81. The van der Waals surface area contributed by atoms with Crippen LogP contribution in [0.25, 0.3) is 0 Å². The topological polar surface area (TPSA) is 38.0 Å². The highest BCUT2D eigenvalue weighted by Gasteiger charge is 2.25. The SMILES string of the molecule is CCCCNc1ccc(C2CCCCC2)c(N)c1C1CCCCC1. The maximum atomic E-state index is 6.81. The lowest BCUT2D eigenvalue weighted by Gasteiger charge is -2.30. The molecule has 0 aromatic heterocycles. The average Bonchev–Trinajstić information content (AvgIpc) is 2.63. The number of rotatable bonds is 6. The average molecular weight is 329 g/mol. The number of nitrogens with one attached hydrogen (secondary N) is 1. The second-order valence-corrected chi connectivity index (χ2v) is 7.98. The van der Waals surface area contributed by atoms with Gasteiger partial charge in [-0.15, -0.1) is 0 Å². The molecular formula is C22H36N2. The Morgan fingerprint density at radius 2 is 1.54 bits per heavy atom. The van der Waals surface area contributed by atoms with E-state index in [4.69, 9.17) is 5.73 Å². The Hall–Kier alpha value is -1.18. The van der Waals surface area contributed by atoms with Crippen molar-refractivity contribution in [3.63, 3.8) is 0 Å². The molecule has 1 aromatic carbocycles. The summed E-state index contributed by atoms with van der Waals surface area (Å²) in [4.78, 5) is 0. The molecule has 2 heteroatoms. The molecule has 134 valence electrons. The standard InChI is InChI=1S/C22H36N2/c1-2-3-16-24-20-15-14-19(17-10-6-4-7-11-17)22(23)21(20)18-12-8-5-9-13-18/h14-15,17-18,24H,2-13,16,23H2,1H3. The first-order valence-corrected chi connectivity index (χ1v) is 10.5. The van der Waals surface area contributed by atoms with Crippen LogP contribution in [0.2, 0.25) is 0 Å². The number of unbranched alkanes of at least 4 members (excludes halogenated alkanes) is 1. The van der Waals surface area contributed by atoms with Crippen molar-refractivity contribution in [2.24, 2.45) is 0 Å². The van der Waals surface area contributed by atoms with Gasteiger partial charge in [-0.3, -0.25) is 0 Å². The van der Waals surface area contributed by atoms with E-state index in [9.17, 15) is 0 Å². The summed E-state index contributed by atoms with van der Waals surface area (Å²) in [6, 6.07) is 4.69. The van der Waals surface area contributed by atoms with Crippen LogP contribution in [0.4, 0.5) is 11.4 Å². The Bertz CT molecular complexity index is 511. The Kier molecular flexibility index (Phi) is 6.45. The van der Waals surface area contributed by atoms with E-state index >= 15 is 0 Å². The van der Waals surface area contributed by atoms with Gasteiger partial charge in [-0.05, 0) is 55.6 Å². The van der Waals surface area contributed by atoms with Crippen molar-refractivity contribution in [1.82, 2.24) is 0 Å². The summed E-state index contributed by atoms with van der Waals surface area (Å²) in [7, 11) is 0. The van der Waals surface area contributed by atoms with Crippen molar-refractivity contribution in [2.45, 2.75) is 95.8 Å². The molecule has 0 bridgehead atoms. The van der Waals surface area contributed by atoms with Crippen molar-refractivity contribution in [2.75, 3.05) is 17.6 Å². The van der Waals surface area contributed by atoms with Gasteiger partial charge in [-0.2, -0.15) is 0 Å². The Morgan fingerprint density at radius 3 is 2.17 bits per heavy atom. The molecule has 0 unspecified atom stereocenters. The Labute approximate surface area is 148 Å². The molecule has 0 radical (unpaired) electrons. The minimum Gasteiger partial charge on any atom is -0.398 e. The molecule has 2 nitrogen and oxygen atoms in total. The van der Waals surface area contributed by atoms with E-state index < -0.39 is 0 Å². The summed E-state index contributed by atoms with van der Waals surface area (Å²) in [6.07, 6.45) is 16.1. The molecule has 1 aromatic rings. The summed E-state index contributed by atoms with van der Waals surface area (Å²) in [6.45, 7) is 3.32. The zero-order chi connectivity index (χ0) is 16.8. The molecule has 0 heterocycles. The van der Waals surface area contributed by atoms with Gasteiger partial charge in [0.2, 0.25) is 0 Å². The lowest BCUT2D eigenvalue weighted by molar-refractivity contribution is 0.437. The number of hydrogen-bond donors (Lipinski definition) is 2. The Balaban J connectivity index is 1.89. The summed E-state index contributed by atoms with van der Waals surface area (Å²) < 4.78 is 0. The van der Waals surface area contributed by atoms with Gasteiger partial charge in [0.1, 0.15) is 0 Å². The highest BCUT2D eigenvalue weighted by Crippen LogP contribution is 2.44. The molecule has 24 heavy (non-hydrogen) atoms. The molecule has 2 aliphatic rings. The minimum absolute atomic E-state index is 0.673. The van der Waals surface area contributed by atoms with E-state index in [2.05, 4.69) is 24.4 Å².